The van der Waals surface area contributed by atoms with E-state index < -0.39 is 37.8 Å². The lowest BCUT2D eigenvalue weighted by Gasteiger charge is -2.19. The van der Waals surface area contributed by atoms with Crippen LogP contribution in [0.25, 0.3) is 10.8 Å². The fourth-order valence-electron chi connectivity index (χ4n) is 3.52. The molecule has 1 saturated heterocycles. The Bertz CT molecular complexity index is 1310. The first-order valence-corrected chi connectivity index (χ1v) is 13.5. The van der Waals surface area contributed by atoms with Gasteiger partial charge in [0.2, 0.25) is 0 Å². The molecule has 0 amide bonds. The molecule has 4 atom stereocenters. The number of ether oxygens (including phenoxy) is 2. The number of aliphatic hydroxyl groups is 1. The summed E-state index contributed by atoms with van der Waals surface area (Å²) in [4.78, 5) is 47.2. The third-order valence-corrected chi connectivity index (χ3v) is 7.06. The van der Waals surface area contributed by atoms with Crippen LogP contribution in [-0.4, -0.2) is 64.4 Å². The van der Waals surface area contributed by atoms with Crippen LogP contribution in [0, 0.1) is 0 Å². The summed E-state index contributed by atoms with van der Waals surface area (Å²) in [6.07, 6.45) is -0.469. The minimum Gasteiger partial charge on any atom is -0.388 e. The van der Waals surface area contributed by atoms with Gasteiger partial charge in [-0.25, -0.2) is 4.79 Å². The van der Waals surface area contributed by atoms with E-state index in [1.807, 2.05) is 44.2 Å². The van der Waals surface area contributed by atoms with Gasteiger partial charge in [0.05, 0.1) is 18.8 Å². The zero-order valence-electron chi connectivity index (χ0n) is 21.4. The van der Waals surface area contributed by atoms with Crippen molar-refractivity contribution in [2.24, 2.45) is 0 Å². The number of aliphatic hydroxyl groups excluding tert-OH is 1. The van der Waals surface area contributed by atoms with Crippen LogP contribution in [0.2, 0.25) is 0 Å². The van der Waals surface area contributed by atoms with Crippen LogP contribution < -0.4 is 20.9 Å². The molecule has 1 aliphatic rings. The Labute approximate surface area is 219 Å². The SMILES string of the molecule is COC(C)C.O=CCN[P+](O)(OCC1CC(O)C(n2ccc(=O)[nH]c2=O)O1)Oc1ccc2ccccc2c1. The van der Waals surface area contributed by atoms with Gasteiger partial charge >= 0.3 is 13.8 Å². The van der Waals surface area contributed by atoms with Gasteiger partial charge in [-0.3, -0.25) is 18.9 Å². The van der Waals surface area contributed by atoms with Crippen LogP contribution in [0.3, 0.4) is 0 Å². The molecule has 1 aliphatic heterocycles. The predicted octanol–water partition coefficient (Wildman–Crippen LogP) is 1.93. The Kier molecular flexibility index (Phi) is 10.7. The summed E-state index contributed by atoms with van der Waals surface area (Å²) in [6.45, 7) is 3.61. The van der Waals surface area contributed by atoms with E-state index in [9.17, 15) is 24.4 Å². The zero-order chi connectivity index (χ0) is 27.7. The maximum atomic E-state index is 12.0. The van der Waals surface area contributed by atoms with Gasteiger partial charge in [0.1, 0.15) is 19.0 Å². The van der Waals surface area contributed by atoms with Gasteiger partial charge in [-0.15, -0.1) is 5.09 Å². The second kappa shape index (κ2) is 13.7. The number of fused-ring (bicyclic) bond motifs is 1. The van der Waals surface area contributed by atoms with E-state index in [0.717, 1.165) is 21.4 Å². The number of H-pyrrole nitrogens is 1. The van der Waals surface area contributed by atoms with Crippen molar-refractivity contribution in [2.45, 2.75) is 44.8 Å². The molecule has 1 fully saturated rings. The number of rotatable bonds is 10. The summed E-state index contributed by atoms with van der Waals surface area (Å²) in [5, 5.41) is 14.8. The number of aromatic nitrogens is 2. The number of carbonyl (C=O) groups is 1. The maximum Gasteiger partial charge on any atom is 0.544 e. The number of benzene rings is 2. The van der Waals surface area contributed by atoms with Crippen molar-refractivity contribution in [3.8, 4) is 5.75 Å². The molecular formula is C25H33N3O9P+. The van der Waals surface area contributed by atoms with E-state index in [0.29, 0.717) is 18.1 Å². The Hall–Kier alpha value is -2.96. The Balaban J connectivity index is 0.000000732. The number of hydrogen-bond acceptors (Lipinski definition) is 10. The van der Waals surface area contributed by atoms with Crippen LogP contribution in [0.1, 0.15) is 26.5 Å². The predicted molar refractivity (Wildman–Crippen MR) is 142 cm³/mol. The van der Waals surface area contributed by atoms with Crippen molar-refractivity contribution in [1.29, 1.82) is 0 Å². The quantitative estimate of drug-likeness (QED) is 0.217. The lowest BCUT2D eigenvalue weighted by molar-refractivity contribution is -0.107. The van der Waals surface area contributed by atoms with Gasteiger partial charge < -0.3 is 19.4 Å². The molecule has 2 aromatic carbocycles. The van der Waals surface area contributed by atoms with Gasteiger partial charge in [-0.1, -0.05) is 30.3 Å². The van der Waals surface area contributed by atoms with E-state index in [-0.39, 0.29) is 19.6 Å². The largest absolute Gasteiger partial charge is 0.544 e. The molecule has 0 bridgehead atoms. The smallest absolute Gasteiger partial charge is 0.388 e. The summed E-state index contributed by atoms with van der Waals surface area (Å²) in [6, 6.07) is 14.0. The monoisotopic (exact) mass is 550 g/mol. The molecule has 0 saturated carbocycles. The van der Waals surface area contributed by atoms with Crippen LogP contribution in [0.5, 0.6) is 5.75 Å². The highest BCUT2D eigenvalue weighted by Crippen LogP contribution is 2.53. The van der Waals surface area contributed by atoms with Crippen LogP contribution in [-0.2, 0) is 18.8 Å². The Morgan fingerprint density at radius 2 is 1.92 bits per heavy atom. The first-order chi connectivity index (χ1) is 18.1. The van der Waals surface area contributed by atoms with Crippen molar-refractivity contribution in [1.82, 2.24) is 14.6 Å². The molecule has 12 nitrogen and oxygen atoms in total. The molecule has 13 heteroatoms. The Morgan fingerprint density at radius 3 is 2.58 bits per heavy atom. The van der Waals surface area contributed by atoms with Crippen molar-refractivity contribution in [2.75, 3.05) is 20.3 Å². The third-order valence-electron chi connectivity index (χ3n) is 5.52. The topological polar surface area (TPSA) is 161 Å². The summed E-state index contributed by atoms with van der Waals surface area (Å²) >= 11 is 0. The van der Waals surface area contributed by atoms with Gasteiger partial charge in [-0.05, 0) is 36.8 Å². The first-order valence-electron chi connectivity index (χ1n) is 12.0. The fraction of sp³-hybridized carbons (Fsp3) is 0.400. The molecule has 4 rings (SSSR count). The van der Waals surface area contributed by atoms with E-state index in [1.54, 1.807) is 19.2 Å². The lowest BCUT2D eigenvalue weighted by atomic mass is 10.1. The average Bonchev–Trinajstić information content (AvgIpc) is 3.26. The highest BCUT2D eigenvalue weighted by molar-refractivity contribution is 7.58. The molecule has 38 heavy (non-hydrogen) atoms. The molecular weight excluding hydrogens is 517 g/mol. The highest BCUT2D eigenvalue weighted by atomic mass is 31.2. The molecule has 2 heterocycles. The van der Waals surface area contributed by atoms with Gasteiger partial charge in [0.25, 0.3) is 5.56 Å². The minimum atomic E-state index is -3.72. The van der Waals surface area contributed by atoms with Gasteiger partial charge in [0, 0.05) is 25.8 Å². The molecule has 1 aromatic heterocycles. The summed E-state index contributed by atoms with van der Waals surface area (Å²) in [7, 11) is -2.03. The number of aldehydes is 1. The lowest BCUT2D eigenvalue weighted by Crippen LogP contribution is -2.35. The molecule has 4 N–H and O–H groups in total. The molecule has 4 unspecified atom stereocenters. The summed E-state index contributed by atoms with van der Waals surface area (Å²) < 4.78 is 22.8. The maximum absolute atomic E-state index is 12.0. The van der Waals surface area contributed by atoms with Crippen molar-refractivity contribution in [3.63, 3.8) is 0 Å². The Morgan fingerprint density at radius 1 is 1.21 bits per heavy atom. The van der Waals surface area contributed by atoms with Crippen LogP contribution in [0.15, 0.2) is 64.3 Å². The first kappa shape index (κ1) is 29.6. The second-order valence-corrected chi connectivity index (χ2v) is 10.5. The van der Waals surface area contributed by atoms with Crippen molar-refractivity contribution < 1.29 is 33.3 Å². The van der Waals surface area contributed by atoms with Gasteiger partial charge in [-0.2, -0.15) is 9.42 Å². The third kappa shape index (κ3) is 8.27. The molecule has 0 aliphatic carbocycles. The number of hydrogen-bond donors (Lipinski definition) is 4. The van der Waals surface area contributed by atoms with Gasteiger partial charge in [0.15, 0.2) is 12.0 Å². The number of carbonyl (C=O) groups excluding carboxylic acids is 1. The molecule has 206 valence electrons. The van der Waals surface area contributed by atoms with E-state index in [1.165, 1.54) is 6.20 Å². The molecule has 3 aromatic rings. The van der Waals surface area contributed by atoms with E-state index in [4.69, 9.17) is 18.5 Å². The number of aromatic amines is 1. The standard InChI is InChI=1S/C21H22N3O8P.C4H10O/c25-10-8-22-33(29,32-16-6-5-14-3-1-2-4-15(14)11-16)30-13-17-12-18(26)20(31-17)24-9-7-19(27)23-21(24)28;1-4(2)5-3/h1-7,9-11,17-18,20,22,26,29H,8,12-13H2;4H,1-3H3/p+1. The zero-order valence-corrected chi connectivity index (χ0v) is 22.2. The summed E-state index contributed by atoms with van der Waals surface area (Å²) in [5.74, 6) is 0.341. The van der Waals surface area contributed by atoms with Crippen molar-refractivity contribution in [3.05, 3.63) is 75.6 Å². The number of nitrogens with zero attached hydrogens (tertiary/aromatic N) is 1. The van der Waals surface area contributed by atoms with Crippen molar-refractivity contribution >= 4 is 25.2 Å². The van der Waals surface area contributed by atoms with E-state index >= 15 is 0 Å². The highest BCUT2D eigenvalue weighted by Gasteiger charge is 2.46. The minimum absolute atomic E-state index is 0.111. The normalized spacial score (nSPS) is 20.5. The second-order valence-electron chi connectivity index (χ2n) is 8.70. The number of nitrogens with one attached hydrogen (secondary N) is 2. The summed E-state index contributed by atoms with van der Waals surface area (Å²) in [5.41, 5.74) is -1.28. The molecule has 0 spiro atoms. The van der Waals surface area contributed by atoms with Crippen LogP contribution >= 0.6 is 8.09 Å². The average molecular weight is 551 g/mol. The number of methoxy groups -OCH3 is 1. The molecule has 0 radical (unpaired) electrons. The van der Waals surface area contributed by atoms with E-state index in [2.05, 4.69) is 10.1 Å². The van der Waals surface area contributed by atoms with Crippen LogP contribution in [0.4, 0.5) is 0 Å². The fourth-order valence-corrected chi connectivity index (χ4v) is 4.80.